The molecule has 9 nitrogen and oxygen atoms in total. The number of nitrogens with zero attached hydrogens (tertiary/aromatic N) is 1. The number of aliphatic carboxylic acids is 1. The second-order valence-corrected chi connectivity index (χ2v) is 7.39. The van der Waals surface area contributed by atoms with Gasteiger partial charge in [0.05, 0.1) is 6.54 Å². The summed E-state index contributed by atoms with van der Waals surface area (Å²) in [5.41, 5.74) is 5.40. The summed E-state index contributed by atoms with van der Waals surface area (Å²) in [6, 6.07) is -2.57. The number of nitrogens with one attached hydrogen (secondary N) is 2. The first-order valence-corrected chi connectivity index (χ1v) is 9.47. The van der Waals surface area contributed by atoms with Crippen LogP contribution in [0, 0.1) is 11.8 Å². The SMILES string of the molecule is CCC(C)C(NC(=O)C1CCCN1C(=O)CN)C(=O)NC(C(=O)O)C(C)C. The molecule has 0 aromatic rings. The van der Waals surface area contributed by atoms with Crippen molar-refractivity contribution in [3.63, 3.8) is 0 Å². The van der Waals surface area contributed by atoms with Gasteiger partial charge in [-0.2, -0.15) is 0 Å². The lowest BCUT2D eigenvalue weighted by Gasteiger charge is -2.29. The first-order chi connectivity index (χ1) is 12.6. The standard InChI is InChI=1S/C18H32N4O5/c1-5-11(4)15(17(25)20-14(10(2)3)18(26)27)21-16(24)12-7-6-8-22(12)13(23)9-19/h10-12,14-15H,5-9,19H2,1-4H3,(H,20,25)(H,21,24)(H,26,27). The van der Waals surface area contributed by atoms with Crippen molar-refractivity contribution >= 4 is 23.7 Å². The van der Waals surface area contributed by atoms with E-state index in [1.165, 1.54) is 4.90 Å². The van der Waals surface area contributed by atoms with Crippen molar-refractivity contribution in [1.82, 2.24) is 15.5 Å². The number of carboxylic acid groups (broad SMARTS) is 1. The van der Waals surface area contributed by atoms with Crippen molar-refractivity contribution in [1.29, 1.82) is 0 Å². The number of likely N-dealkylation sites (tertiary alicyclic amines) is 1. The number of carbonyl (C=O) groups excluding carboxylic acids is 3. The van der Waals surface area contributed by atoms with E-state index in [1.807, 2.05) is 13.8 Å². The van der Waals surface area contributed by atoms with Gasteiger partial charge in [0.15, 0.2) is 0 Å². The number of hydrogen-bond acceptors (Lipinski definition) is 5. The molecule has 1 heterocycles. The van der Waals surface area contributed by atoms with Gasteiger partial charge in [-0.05, 0) is 24.7 Å². The fraction of sp³-hybridized carbons (Fsp3) is 0.778. The summed E-state index contributed by atoms with van der Waals surface area (Å²) in [6.45, 7) is 7.38. The van der Waals surface area contributed by atoms with E-state index in [9.17, 15) is 24.3 Å². The van der Waals surface area contributed by atoms with Crippen molar-refractivity contribution in [3.05, 3.63) is 0 Å². The summed E-state index contributed by atoms with van der Waals surface area (Å²) in [5.74, 6) is -2.87. The van der Waals surface area contributed by atoms with Gasteiger partial charge in [0.25, 0.3) is 0 Å². The first kappa shape index (κ1) is 22.9. The molecule has 1 rings (SSSR count). The Labute approximate surface area is 160 Å². The Bertz CT molecular complexity index is 566. The van der Waals surface area contributed by atoms with Crippen LogP contribution in [-0.4, -0.2) is 64.9 Å². The molecule has 0 aromatic carbocycles. The van der Waals surface area contributed by atoms with Gasteiger partial charge in [-0.3, -0.25) is 14.4 Å². The van der Waals surface area contributed by atoms with Crippen molar-refractivity contribution in [2.45, 2.75) is 65.1 Å². The number of amides is 3. The highest BCUT2D eigenvalue weighted by molar-refractivity contribution is 5.94. The molecule has 4 unspecified atom stereocenters. The van der Waals surface area contributed by atoms with E-state index < -0.39 is 35.9 Å². The predicted octanol–water partition coefficient (Wildman–Crippen LogP) is -0.308. The second-order valence-electron chi connectivity index (χ2n) is 7.39. The van der Waals surface area contributed by atoms with Gasteiger partial charge in [-0.25, -0.2) is 4.79 Å². The normalized spacial score (nSPS) is 20.1. The van der Waals surface area contributed by atoms with E-state index in [4.69, 9.17) is 5.73 Å². The zero-order chi connectivity index (χ0) is 20.7. The smallest absolute Gasteiger partial charge is 0.326 e. The number of hydrogen-bond donors (Lipinski definition) is 4. The Morgan fingerprint density at radius 3 is 2.26 bits per heavy atom. The van der Waals surface area contributed by atoms with Gasteiger partial charge >= 0.3 is 5.97 Å². The van der Waals surface area contributed by atoms with E-state index in [0.29, 0.717) is 25.8 Å². The first-order valence-electron chi connectivity index (χ1n) is 9.47. The molecule has 1 aliphatic heterocycles. The quantitative estimate of drug-likeness (QED) is 0.430. The predicted molar refractivity (Wildman–Crippen MR) is 99.6 cm³/mol. The molecule has 0 aromatic heterocycles. The summed E-state index contributed by atoms with van der Waals surface area (Å²) in [5, 5.41) is 14.5. The Morgan fingerprint density at radius 2 is 1.78 bits per heavy atom. The molecular formula is C18H32N4O5. The van der Waals surface area contributed by atoms with Crippen LogP contribution in [0.3, 0.4) is 0 Å². The summed E-state index contributed by atoms with van der Waals surface area (Å²) in [6.07, 6.45) is 1.82. The summed E-state index contributed by atoms with van der Waals surface area (Å²) >= 11 is 0. The number of rotatable bonds is 9. The van der Waals surface area contributed by atoms with Crippen molar-refractivity contribution < 1.29 is 24.3 Å². The molecular weight excluding hydrogens is 352 g/mol. The van der Waals surface area contributed by atoms with Crippen molar-refractivity contribution in [3.8, 4) is 0 Å². The second kappa shape index (κ2) is 10.2. The minimum Gasteiger partial charge on any atom is -0.480 e. The third-order valence-corrected chi connectivity index (χ3v) is 5.07. The molecule has 1 saturated heterocycles. The van der Waals surface area contributed by atoms with Crippen LogP contribution < -0.4 is 16.4 Å². The molecule has 27 heavy (non-hydrogen) atoms. The lowest BCUT2D eigenvalue weighted by molar-refractivity contribution is -0.144. The zero-order valence-corrected chi connectivity index (χ0v) is 16.5. The lowest BCUT2D eigenvalue weighted by Crippen LogP contribution is -2.58. The molecule has 0 spiro atoms. The Kier molecular flexibility index (Phi) is 8.68. The Hall–Kier alpha value is -2.16. The summed E-state index contributed by atoms with van der Waals surface area (Å²) in [7, 11) is 0. The molecule has 0 bridgehead atoms. The minimum absolute atomic E-state index is 0.173. The van der Waals surface area contributed by atoms with Crippen LogP contribution in [0.5, 0.6) is 0 Å². The highest BCUT2D eigenvalue weighted by Crippen LogP contribution is 2.18. The van der Waals surface area contributed by atoms with Crippen LogP contribution >= 0.6 is 0 Å². The van der Waals surface area contributed by atoms with Gasteiger partial charge in [0.1, 0.15) is 18.1 Å². The molecule has 0 saturated carbocycles. The largest absolute Gasteiger partial charge is 0.480 e. The molecule has 5 N–H and O–H groups in total. The Morgan fingerprint density at radius 1 is 1.15 bits per heavy atom. The van der Waals surface area contributed by atoms with Gasteiger partial charge in [-0.1, -0.05) is 34.1 Å². The average Bonchev–Trinajstić information content (AvgIpc) is 3.11. The highest BCUT2D eigenvalue weighted by atomic mass is 16.4. The third-order valence-electron chi connectivity index (χ3n) is 5.07. The third kappa shape index (κ3) is 5.92. The van der Waals surface area contributed by atoms with Gasteiger partial charge in [0.2, 0.25) is 17.7 Å². The van der Waals surface area contributed by atoms with Crippen molar-refractivity contribution in [2.75, 3.05) is 13.1 Å². The number of carboxylic acids is 1. The maximum absolute atomic E-state index is 12.7. The summed E-state index contributed by atoms with van der Waals surface area (Å²) in [4.78, 5) is 50.1. The molecule has 1 aliphatic rings. The monoisotopic (exact) mass is 384 g/mol. The highest BCUT2D eigenvalue weighted by Gasteiger charge is 2.37. The van der Waals surface area contributed by atoms with Gasteiger partial charge < -0.3 is 26.4 Å². The van der Waals surface area contributed by atoms with E-state index >= 15 is 0 Å². The van der Waals surface area contributed by atoms with Crippen LogP contribution in [0.1, 0.15) is 47.0 Å². The maximum atomic E-state index is 12.7. The van der Waals surface area contributed by atoms with Crippen LogP contribution in [0.15, 0.2) is 0 Å². The Balaban J connectivity index is 2.91. The fourth-order valence-corrected chi connectivity index (χ4v) is 3.16. The molecule has 154 valence electrons. The van der Waals surface area contributed by atoms with E-state index in [-0.39, 0.29) is 24.3 Å². The maximum Gasteiger partial charge on any atom is 0.326 e. The van der Waals surface area contributed by atoms with Crippen LogP contribution in [0.25, 0.3) is 0 Å². The van der Waals surface area contributed by atoms with E-state index in [2.05, 4.69) is 10.6 Å². The number of carbonyl (C=O) groups is 4. The van der Waals surface area contributed by atoms with E-state index in [1.54, 1.807) is 13.8 Å². The fourth-order valence-electron chi connectivity index (χ4n) is 3.16. The van der Waals surface area contributed by atoms with E-state index in [0.717, 1.165) is 0 Å². The van der Waals surface area contributed by atoms with Crippen LogP contribution in [0.4, 0.5) is 0 Å². The van der Waals surface area contributed by atoms with Gasteiger partial charge in [-0.15, -0.1) is 0 Å². The molecule has 9 heteroatoms. The topological polar surface area (TPSA) is 142 Å². The lowest BCUT2D eigenvalue weighted by atomic mass is 9.96. The molecule has 4 atom stereocenters. The van der Waals surface area contributed by atoms with Crippen molar-refractivity contribution in [2.24, 2.45) is 17.6 Å². The zero-order valence-electron chi connectivity index (χ0n) is 16.5. The molecule has 3 amide bonds. The summed E-state index contributed by atoms with van der Waals surface area (Å²) < 4.78 is 0. The molecule has 1 fully saturated rings. The minimum atomic E-state index is -1.12. The molecule has 0 radical (unpaired) electrons. The van der Waals surface area contributed by atoms with Crippen LogP contribution in [0.2, 0.25) is 0 Å². The molecule has 0 aliphatic carbocycles. The van der Waals surface area contributed by atoms with Gasteiger partial charge in [0, 0.05) is 6.54 Å². The number of nitrogens with two attached hydrogens (primary N) is 1. The van der Waals surface area contributed by atoms with Crippen LogP contribution in [-0.2, 0) is 19.2 Å². The average molecular weight is 384 g/mol.